The lowest BCUT2D eigenvalue weighted by molar-refractivity contribution is -0.378. The molecule has 65 heavy (non-hydrogen) atoms. The van der Waals surface area contributed by atoms with Gasteiger partial charge < -0.3 is 124 Å². The van der Waals surface area contributed by atoms with Crippen LogP contribution in [0.3, 0.4) is 0 Å². The third-order valence-electron chi connectivity index (χ3n) is 11.4. The minimum atomic E-state index is -2.13. The van der Waals surface area contributed by atoms with Crippen molar-refractivity contribution >= 4 is 11.0 Å². The number of rotatable bonds is 13. The largest absolute Gasteiger partial charge is 0.508 e. The maximum Gasteiger partial charge on any atom is 0.239 e. The third-order valence-corrected chi connectivity index (χ3v) is 11.4. The zero-order valence-corrected chi connectivity index (χ0v) is 33.9. The molecule has 1 aromatic heterocycles. The average Bonchev–Trinajstić information content (AvgIpc) is 3.28. The Morgan fingerprint density at radius 2 is 1.17 bits per heavy atom. The van der Waals surface area contributed by atoms with E-state index in [9.17, 15) is 81.4 Å². The summed E-state index contributed by atoms with van der Waals surface area (Å²) in [6.45, 7) is -3.29. The minimum absolute atomic E-state index is 0.0934. The molecule has 0 aliphatic carbocycles. The lowest BCUT2D eigenvalue weighted by Crippen LogP contribution is -2.67. The maximum atomic E-state index is 14.5. The highest BCUT2D eigenvalue weighted by molar-refractivity contribution is 5.88. The average molecular weight is 935 g/mol. The van der Waals surface area contributed by atoms with Gasteiger partial charge in [0.05, 0.1) is 33.5 Å². The predicted molar refractivity (Wildman–Crippen MR) is 206 cm³/mol. The highest BCUT2D eigenvalue weighted by Gasteiger charge is 2.55. The highest BCUT2D eigenvalue weighted by atomic mass is 16.8. The standard InChI is InChI=1S/C39H50O26/c1-56-16-4-11(2-3-15(16)59-37-30(54)27(51)23(47)18(7-40)60-37)32-34(26(50)21-13(44)5-12(43)6-17(21)58-32)64-39-35(65-36-29(53)22(46)14(45)10-57-36)33(25(49)20(9-42)62-39)63-38-31(55)28(52)24(48)19(8-41)61-38/h2-6,14,18-20,22-25,27-31,33,35-49,51-55H,7-10H2,1H3. The molecule has 19 atom stereocenters. The molecule has 4 saturated heterocycles. The number of aliphatic hydroxyl groups is 13. The van der Waals surface area contributed by atoms with Gasteiger partial charge in [0.1, 0.15) is 108 Å². The Morgan fingerprint density at radius 3 is 1.80 bits per heavy atom. The minimum Gasteiger partial charge on any atom is -0.508 e. The van der Waals surface area contributed by atoms with E-state index in [0.717, 1.165) is 12.1 Å². The molecule has 7 rings (SSSR count). The molecule has 26 heteroatoms. The fourth-order valence-electron chi connectivity index (χ4n) is 7.70. The summed E-state index contributed by atoms with van der Waals surface area (Å²) >= 11 is 0. The van der Waals surface area contributed by atoms with Crippen molar-refractivity contribution in [2.75, 3.05) is 33.5 Å². The van der Waals surface area contributed by atoms with Gasteiger partial charge in [-0.2, -0.15) is 0 Å². The first kappa shape index (κ1) is 48.8. The topological polar surface area (TPSA) is 417 Å². The molecule has 4 aliphatic heterocycles. The van der Waals surface area contributed by atoms with E-state index in [0.29, 0.717) is 0 Å². The number of hydrogen-bond acceptors (Lipinski definition) is 26. The Bertz CT molecular complexity index is 2150. The number of ether oxygens (including phenoxy) is 9. The van der Waals surface area contributed by atoms with Gasteiger partial charge in [0.15, 0.2) is 35.9 Å². The van der Waals surface area contributed by atoms with Crippen LogP contribution in [-0.4, -0.2) is 227 Å². The van der Waals surface area contributed by atoms with Crippen LogP contribution in [0.5, 0.6) is 28.7 Å². The van der Waals surface area contributed by atoms with Crippen LogP contribution in [0.25, 0.3) is 22.3 Å². The smallest absolute Gasteiger partial charge is 0.239 e. The molecular formula is C39H50O26. The van der Waals surface area contributed by atoms with Crippen LogP contribution in [0.2, 0.25) is 0 Å². The first-order valence-electron chi connectivity index (χ1n) is 20.0. The summed E-state index contributed by atoms with van der Waals surface area (Å²) in [5.41, 5.74) is -1.66. The van der Waals surface area contributed by atoms with Crippen molar-refractivity contribution in [1.29, 1.82) is 0 Å². The van der Waals surface area contributed by atoms with Gasteiger partial charge in [-0.3, -0.25) is 4.79 Å². The van der Waals surface area contributed by atoms with E-state index in [1.807, 2.05) is 0 Å². The molecule has 362 valence electrons. The van der Waals surface area contributed by atoms with E-state index in [4.69, 9.17) is 47.0 Å². The second-order valence-electron chi connectivity index (χ2n) is 15.6. The normalized spacial score (nSPS) is 39.0. The monoisotopic (exact) mass is 934 g/mol. The number of phenols is 2. The van der Waals surface area contributed by atoms with E-state index in [1.165, 1.54) is 25.3 Å². The fourth-order valence-corrected chi connectivity index (χ4v) is 7.70. The summed E-state index contributed by atoms with van der Waals surface area (Å²) in [4.78, 5) is 14.5. The maximum absolute atomic E-state index is 14.5. The molecule has 0 amide bonds. The first-order valence-corrected chi connectivity index (χ1v) is 20.0. The Balaban J connectivity index is 1.32. The van der Waals surface area contributed by atoms with Crippen LogP contribution in [-0.2, 0) is 28.4 Å². The Labute approximate surface area is 365 Å². The van der Waals surface area contributed by atoms with Gasteiger partial charge >= 0.3 is 0 Å². The molecule has 4 aliphatic rings. The molecule has 3 aromatic rings. The molecule has 0 saturated carbocycles. The summed E-state index contributed by atoms with van der Waals surface area (Å²) < 4.78 is 57.6. The summed E-state index contributed by atoms with van der Waals surface area (Å²) in [5.74, 6) is -3.03. The van der Waals surface area contributed by atoms with E-state index >= 15 is 0 Å². The number of aliphatic hydroxyl groups excluding tert-OH is 13. The molecular weight excluding hydrogens is 884 g/mol. The van der Waals surface area contributed by atoms with E-state index < -0.39 is 183 Å². The van der Waals surface area contributed by atoms with Gasteiger partial charge in [0.2, 0.25) is 23.8 Å². The number of phenolic OH excluding ortho intramolecular Hbond substituents is 2. The third kappa shape index (κ3) is 9.43. The summed E-state index contributed by atoms with van der Waals surface area (Å²) in [6, 6.07) is 5.46. The quantitative estimate of drug-likeness (QED) is 0.0758. The molecule has 19 unspecified atom stereocenters. The summed E-state index contributed by atoms with van der Waals surface area (Å²) in [7, 11) is 1.19. The number of fused-ring (bicyclic) bond motifs is 1. The van der Waals surface area contributed by atoms with E-state index in [-0.39, 0.29) is 17.1 Å². The molecule has 0 spiro atoms. The lowest BCUT2D eigenvalue weighted by Gasteiger charge is -2.48. The SMILES string of the molecule is COc1cc(-c2oc3cc(O)cc(O)c3c(=O)c2OC2OC(CO)C(O)C(OC3OC(CO)C(O)C(O)C3O)C2OC2OCC(O)C(O)C2O)ccc1OC1OC(CO)C(O)C(O)C1O. The number of hydrogen-bond donors (Lipinski definition) is 15. The van der Waals surface area contributed by atoms with Crippen molar-refractivity contribution < 1.29 is 124 Å². The molecule has 5 heterocycles. The fraction of sp³-hybridized carbons (Fsp3) is 0.615. The number of aromatic hydroxyl groups is 2. The zero-order valence-electron chi connectivity index (χ0n) is 33.9. The van der Waals surface area contributed by atoms with Crippen LogP contribution in [0.15, 0.2) is 39.5 Å². The highest BCUT2D eigenvalue weighted by Crippen LogP contribution is 2.42. The van der Waals surface area contributed by atoms with Crippen molar-refractivity contribution in [1.82, 2.24) is 0 Å². The first-order chi connectivity index (χ1) is 30.9. The van der Waals surface area contributed by atoms with Crippen LogP contribution in [0, 0.1) is 0 Å². The van der Waals surface area contributed by atoms with Gasteiger partial charge in [0.25, 0.3) is 0 Å². The van der Waals surface area contributed by atoms with E-state index in [1.54, 1.807) is 0 Å². The Hall–Kier alpha value is -4.11. The van der Waals surface area contributed by atoms with Crippen molar-refractivity contribution in [2.24, 2.45) is 0 Å². The van der Waals surface area contributed by atoms with E-state index in [2.05, 4.69) is 0 Å². The molecule has 15 N–H and O–H groups in total. The molecule has 4 fully saturated rings. The molecule has 0 radical (unpaired) electrons. The number of benzene rings is 2. The van der Waals surface area contributed by atoms with Crippen LogP contribution in [0.4, 0.5) is 0 Å². The molecule has 0 bridgehead atoms. The van der Waals surface area contributed by atoms with Crippen LogP contribution >= 0.6 is 0 Å². The van der Waals surface area contributed by atoms with Gasteiger partial charge in [-0.15, -0.1) is 0 Å². The summed E-state index contributed by atoms with van der Waals surface area (Å²) in [5, 5.41) is 156. The molecule has 26 nitrogen and oxygen atoms in total. The molecule has 2 aromatic carbocycles. The van der Waals surface area contributed by atoms with Gasteiger partial charge in [0, 0.05) is 17.7 Å². The predicted octanol–water partition coefficient (Wildman–Crippen LogP) is -6.48. The zero-order chi connectivity index (χ0) is 47.2. The summed E-state index contributed by atoms with van der Waals surface area (Å²) in [6.07, 6.45) is -35.1. The van der Waals surface area contributed by atoms with Gasteiger partial charge in [-0.25, -0.2) is 0 Å². The van der Waals surface area contributed by atoms with Crippen molar-refractivity contribution in [3.8, 4) is 40.1 Å². The number of methoxy groups -OCH3 is 1. The van der Waals surface area contributed by atoms with Crippen molar-refractivity contribution in [2.45, 2.75) is 117 Å². The second kappa shape index (κ2) is 20.0. The Morgan fingerprint density at radius 1 is 0.600 bits per heavy atom. The van der Waals surface area contributed by atoms with Gasteiger partial charge in [-0.1, -0.05) is 0 Å². The van der Waals surface area contributed by atoms with Crippen molar-refractivity contribution in [3.05, 3.63) is 40.6 Å². The lowest BCUT2D eigenvalue weighted by atomic mass is 9.96. The van der Waals surface area contributed by atoms with Crippen LogP contribution < -0.4 is 19.6 Å². The van der Waals surface area contributed by atoms with Gasteiger partial charge in [-0.05, 0) is 18.2 Å². The second-order valence-corrected chi connectivity index (χ2v) is 15.6. The Kier molecular flexibility index (Phi) is 15.0. The van der Waals surface area contributed by atoms with Crippen molar-refractivity contribution in [3.63, 3.8) is 0 Å². The van der Waals surface area contributed by atoms with Crippen LogP contribution in [0.1, 0.15) is 0 Å².